The van der Waals surface area contributed by atoms with Crippen LogP contribution in [0.1, 0.15) is 20.8 Å². The Labute approximate surface area is 82.2 Å². The molecule has 0 aromatic heterocycles. The Kier molecular flexibility index (Phi) is 1.99. The van der Waals surface area contributed by atoms with E-state index < -0.39 is 28.7 Å². The average molecular weight is 198 g/mol. The third-order valence-electron chi connectivity index (χ3n) is 3.69. The third-order valence-corrected chi connectivity index (χ3v) is 3.69. The Balaban J connectivity index is 3.06. The second-order valence-corrected chi connectivity index (χ2v) is 4.48. The molecule has 2 atom stereocenters. The number of carboxylic acid groups (broad SMARTS) is 2. The van der Waals surface area contributed by atoms with Crippen LogP contribution in [0.15, 0.2) is 12.2 Å². The van der Waals surface area contributed by atoms with Crippen molar-refractivity contribution in [2.24, 2.45) is 16.7 Å². The van der Waals surface area contributed by atoms with Gasteiger partial charge in [-0.3, -0.25) is 4.79 Å². The molecule has 0 spiro atoms. The lowest BCUT2D eigenvalue weighted by molar-refractivity contribution is -0.139. The predicted octanol–water partition coefficient (Wildman–Crippen LogP) is 1.37. The van der Waals surface area contributed by atoms with Crippen LogP contribution in [0.25, 0.3) is 0 Å². The molecule has 2 N–H and O–H groups in total. The van der Waals surface area contributed by atoms with Crippen LogP contribution in [-0.4, -0.2) is 22.2 Å². The molecular weight excluding hydrogens is 184 g/mol. The first-order chi connectivity index (χ1) is 6.17. The largest absolute Gasteiger partial charge is 0.481 e. The van der Waals surface area contributed by atoms with Crippen molar-refractivity contribution in [2.75, 3.05) is 0 Å². The Morgan fingerprint density at radius 3 is 1.86 bits per heavy atom. The molecule has 78 valence electrons. The van der Waals surface area contributed by atoms with Crippen LogP contribution in [0.3, 0.4) is 0 Å². The van der Waals surface area contributed by atoms with E-state index in [0.717, 1.165) is 0 Å². The molecule has 0 heterocycles. The highest BCUT2D eigenvalue weighted by atomic mass is 16.4. The molecule has 4 nitrogen and oxygen atoms in total. The van der Waals surface area contributed by atoms with E-state index in [4.69, 9.17) is 10.2 Å². The zero-order chi connectivity index (χ0) is 11.3. The summed E-state index contributed by atoms with van der Waals surface area (Å²) in [5, 5.41) is 17.7. The van der Waals surface area contributed by atoms with E-state index in [1.807, 2.05) is 0 Å². The van der Waals surface area contributed by atoms with Gasteiger partial charge in [0.25, 0.3) is 0 Å². The van der Waals surface area contributed by atoms with Gasteiger partial charge in [0.15, 0.2) is 0 Å². The van der Waals surface area contributed by atoms with Crippen LogP contribution in [0.5, 0.6) is 0 Å². The minimum atomic E-state index is -1.12. The average Bonchev–Trinajstić information content (AvgIpc) is 2.45. The Hall–Kier alpha value is -1.32. The van der Waals surface area contributed by atoms with E-state index in [0.29, 0.717) is 0 Å². The van der Waals surface area contributed by atoms with Crippen LogP contribution in [0.4, 0.5) is 0 Å². The Morgan fingerprint density at radius 2 is 1.64 bits per heavy atom. The van der Waals surface area contributed by atoms with Crippen molar-refractivity contribution < 1.29 is 19.8 Å². The van der Waals surface area contributed by atoms with Crippen molar-refractivity contribution in [3.8, 4) is 0 Å². The van der Waals surface area contributed by atoms with Crippen LogP contribution in [0, 0.1) is 16.7 Å². The van der Waals surface area contributed by atoms with Crippen molar-refractivity contribution >= 4 is 11.9 Å². The topological polar surface area (TPSA) is 74.6 Å². The molecule has 0 bridgehead atoms. The fourth-order valence-corrected chi connectivity index (χ4v) is 2.32. The van der Waals surface area contributed by atoms with Crippen molar-refractivity contribution in [3.05, 3.63) is 12.2 Å². The molecule has 1 rings (SSSR count). The van der Waals surface area contributed by atoms with E-state index >= 15 is 0 Å². The number of hydrogen-bond acceptors (Lipinski definition) is 2. The Bertz CT molecular complexity index is 329. The second kappa shape index (κ2) is 2.59. The van der Waals surface area contributed by atoms with Gasteiger partial charge in [0.05, 0.1) is 5.92 Å². The molecule has 0 saturated heterocycles. The number of carboxylic acids is 2. The van der Waals surface area contributed by atoms with Crippen molar-refractivity contribution in [1.29, 1.82) is 0 Å². The fourth-order valence-electron chi connectivity index (χ4n) is 2.32. The monoisotopic (exact) mass is 198 g/mol. The zero-order valence-electron chi connectivity index (χ0n) is 8.50. The van der Waals surface area contributed by atoms with Gasteiger partial charge in [0.2, 0.25) is 0 Å². The van der Waals surface area contributed by atoms with Gasteiger partial charge in [-0.2, -0.15) is 0 Å². The quantitative estimate of drug-likeness (QED) is 0.672. The first-order valence-corrected chi connectivity index (χ1v) is 4.33. The lowest BCUT2D eigenvalue weighted by Crippen LogP contribution is -2.16. The first-order valence-electron chi connectivity index (χ1n) is 4.33. The standard InChI is InChI=1S/C10H14O4/c1-5(7(11)12)10(4)6(8(13)14)9(10,2)3/h6H,1H2,2-4H3,(H,11,12)(H,13,14). The summed E-state index contributed by atoms with van der Waals surface area (Å²) in [6.45, 7) is 8.59. The number of carbonyl (C=O) groups is 2. The lowest BCUT2D eigenvalue weighted by Gasteiger charge is -2.13. The van der Waals surface area contributed by atoms with Gasteiger partial charge in [-0.1, -0.05) is 27.4 Å². The molecule has 1 aliphatic rings. The fraction of sp³-hybridized carbons (Fsp3) is 0.600. The summed E-state index contributed by atoms with van der Waals surface area (Å²) in [6.07, 6.45) is 0. The molecular formula is C10H14O4. The van der Waals surface area contributed by atoms with E-state index in [9.17, 15) is 9.59 Å². The first kappa shape index (κ1) is 10.8. The summed E-state index contributed by atoms with van der Waals surface area (Å²) in [6, 6.07) is 0. The summed E-state index contributed by atoms with van der Waals surface area (Å²) in [7, 11) is 0. The van der Waals surface area contributed by atoms with E-state index in [1.54, 1.807) is 20.8 Å². The highest BCUT2D eigenvalue weighted by molar-refractivity contribution is 5.92. The SMILES string of the molecule is C=C(C(=O)O)C1(C)C(C(=O)O)C1(C)C. The maximum atomic E-state index is 10.9. The molecule has 0 aliphatic heterocycles. The molecule has 0 amide bonds. The summed E-state index contributed by atoms with van der Waals surface area (Å²) in [5.41, 5.74) is -1.38. The summed E-state index contributed by atoms with van der Waals surface area (Å²) in [5.74, 6) is -2.73. The number of hydrogen-bond donors (Lipinski definition) is 2. The lowest BCUT2D eigenvalue weighted by atomic mass is 9.90. The summed E-state index contributed by atoms with van der Waals surface area (Å²) >= 11 is 0. The van der Waals surface area contributed by atoms with Gasteiger partial charge in [0, 0.05) is 11.0 Å². The summed E-state index contributed by atoms with van der Waals surface area (Å²) < 4.78 is 0. The van der Waals surface area contributed by atoms with Gasteiger partial charge in [-0.25, -0.2) is 4.79 Å². The third kappa shape index (κ3) is 0.997. The van der Waals surface area contributed by atoms with Gasteiger partial charge in [0.1, 0.15) is 0 Å². The minimum absolute atomic E-state index is 0.0186. The number of aliphatic carboxylic acids is 2. The molecule has 0 radical (unpaired) electrons. The van der Waals surface area contributed by atoms with Crippen LogP contribution in [-0.2, 0) is 9.59 Å². The molecule has 4 heteroatoms. The zero-order valence-corrected chi connectivity index (χ0v) is 8.50. The second-order valence-electron chi connectivity index (χ2n) is 4.48. The Morgan fingerprint density at radius 1 is 1.21 bits per heavy atom. The molecule has 0 aromatic carbocycles. The maximum absolute atomic E-state index is 10.9. The minimum Gasteiger partial charge on any atom is -0.481 e. The summed E-state index contributed by atoms with van der Waals surface area (Å²) in [4.78, 5) is 21.6. The highest BCUT2D eigenvalue weighted by Gasteiger charge is 2.73. The maximum Gasteiger partial charge on any atom is 0.331 e. The van der Waals surface area contributed by atoms with Gasteiger partial charge in [-0.05, 0) is 5.41 Å². The normalized spacial score (nSPS) is 33.5. The van der Waals surface area contributed by atoms with Crippen LogP contribution in [0.2, 0.25) is 0 Å². The van der Waals surface area contributed by atoms with Gasteiger partial charge in [-0.15, -0.1) is 0 Å². The van der Waals surface area contributed by atoms with Crippen molar-refractivity contribution in [3.63, 3.8) is 0 Å². The van der Waals surface area contributed by atoms with Crippen LogP contribution >= 0.6 is 0 Å². The smallest absolute Gasteiger partial charge is 0.331 e. The molecule has 1 aliphatic carbocycles. The highest BCUT2D eigenvalue weighted by Crippen LogP contribution is 2.71. The molecule has 0 aromatic rings. The molecule has 2 unspecified atom stereocenters. The van der Waals surface area contributed by atoms with E-state index in [2.05, 4.69) is 6.58 Å². The van der Waals surface area contributed by atoms with E-state index in [1.165, 1.54) is 0 Å². The van der Waals surface area contributed by atoms with E-state index in [-0.39, 0.29) is 5.57 Å². The molecule has 1 fully saturated rings. The molecule has 1 saturated carbocycles. The van der Waals surface area contributed by atoms with Gasteiger partial charge >= 0.3 is 11.9 Å². The van der Waals surface area contributed by atoms with Crippen molar-refractivity contribution in [1.82, 2.24) is 0 Å². The van der Waals surface area contributed by atoms with Gasteiger partial charge < -0.3 is 10.2 Å². The van der Waals surface area contributed by atoms with Crippen LogP contribution < -0.4 is 0 Å². The van der Waals surface area contributed by atoms with Crippen molar-refractivity contribution in [2.45, 2.75) is 20.8 Å². The predicted molar refractivity (Wildman–Crippen MR) is 49.8 cm³/mol. The number of rotatable bonds is 3. The molecule has 14 heavy (non-hydrogen) atoms.